The molecular weight excluding hydrogens is 366 g/mol. The fraction of sp³-hybridized carbons (Fsp3) is 0.182. The van der Waals surface area contributed by atoms with E-state index >= 15 is 0 Å². The zero-order valence-electron chi connectivity index (χ0n) is 15.7. The second-order valence-corrected chi connectivity index (χ2v) is 7.17. The van der Waals surface area contributed by atoms with Gasteiger partial charge in [-0.25, -0.2) is 9.97 Å². The van der Waals surface area contributed by atoms with Crippen LogP contribution in [0.25, 0.3) is 22.3 Å². The maximum absolute atomic E-state index is 12.9. The lowest BCUT2D eigenvalue weighted by Gasteiger charge is -2.06. The van der Waals surface area contributed by atoms with Crippen LogP contribution in [0, 0.1) is 0 Å². The van der Waals surface area contributed by atoms with Crippen LogP contribution in [0.2, 0.25) is 0 Å². The average molecular weight is 385 g/mol. The predicted molar refractivity (Wildman–Crippen MR) is 109 cm³/mol. The molecule has 7 nitrogen and oxygen atoms in total. The number of imidazole rings is 2. The number of benzene rings is 2. The molecule has 2 N–H and O–H groups in total. The number of hydrogen-bond donors (Lipinski definition) is 2. The summed E-state index contributed by atoms with van der Waals surface area (Å²) < 4.78 is 1.91. The second-order valence-electron chi connectivity index (χ2n) is 7.17. The van der Waals surface area contributed by atoms with Gasteiger partial charge in [0, 0.05) is 25.1 Å². The molecule has 5 rings (SSSR count). The molecule has 0 spiro atoms. The Morgan fingerprint density at radius 2 is 2.10 bits per heavy atom. The van der Waals surface area contributed by atoms with Crippen LogP contribution in [0.1, 0.15) is 33.0 Å². The minimum atomic E-state index is -0.165. The minimum Gasteiger partial charge on any atom is -0.349 e. The Morgan fingerprint density at radius 3 is 2.97 bits per heavy atom. The highest BCUT2D eigenvalue weighted by atomic mass is 16.2. The Balaban J connectivity index is 1.45. The smallest absolute Gasteiger partial charge is 0.287 e. The molecule has 3 heterocycles. The summed E-state index contributed by atoms with van der Waals surface area (Å²) in [5, 5.41) is 2.85. The number of rotatable bonds is 4. The fourth-order valence-electron chi connectivity index (χ4n) is 3.76. The molecule has 7 heteroatoms. The number of amides is 1. The van der Waals surface area contributed by atoms with Crippen LogP contribution in [0.3, 0.4) is 0 Å². The third kappa shape index (κ3) is 3.20. The van der Waals surface area contributed by atoms with Crippen molar-refractivity contribution >= 4 is 22.7 Å². The van der Waals surface area contributed by atoms with Crippen LogP contribution >= 0.6 is 0 Å². The number of carbonyl (C=O) groups excluding carboxylic acids is 2. The van der Waals surface area contributed by atoms with Gasteiger partial charge < -0.3 is 14.9 Å². The number of carbonyl (C=O) groups is 2. The average Bonchev–Trinajstić information content (AvgIpc) is 3.35. The second kappa shape index (κ2) is 7.01. The lowest BCUT2D eigenvalue weighted by molar-refractivity contribution is 0.0945. The molecule has 0 fully saturated rings. The van der Waals surface area contributed by atoms with Gasteiger partial charge in [0.05, 0.1) is 29.3 Å². The lowest BCUT2D eigenvalue weighted by Crippen LogP contribution is -2.23. The van der Waals surface area contributed by atoms with Gasteiger partial charge in [-0.2, -0.15) is 0 Å². The first-order valence-electron chi connectivity index (χ1n) is 9.58. The van der Waals surface area contributed by atoms with E-state index in [-0.39, 0.29) is 11.7 Å². The Bertz CT molecular complexity index is 1220. The Morgan fingerprint density at radius 1 is 1.17 bits per heavy atom. The van der Waals surface area contributed by atoms with Crippen molar-refractivity contribution < 1.29 is 9.59 Å². The summed E-state index contributed by atoms with van der Waals surface area (Å²) in [6, 6.07) is 13.3. The summed E-state index contributed by atoms with van der Waals surface area (Å²) in [4.78, 5) is 36.7. The largest absolute Gasteiger partial charge is 0.349 e. The number of ketones is 1. The van der Waals surface area contributed by atoms with Crippen molar-refractivity contribution in [3.8, 4) is 11.3 Å². The number of H-pyrrole nitrogens is 1. The zero-order valence-corrected chi connectivity index (χ0v) is 15.7. The van der Waals surface area contributed by atoms with Gasteiger partial charge >= 0.3 is 0 Å². The van der Waals surface area contributed by atoms with Gasteiger partial charge in [-0.15, -0.1) is 0 Å². The summed E-state index contributed by atoms with van der Waals surface area (Å²) in [7, 11) is 0. The van der Waals surface area contributed by atoms with Gasteiger partial charge in [0.25, 0.3) is 5.91 Å². The number of nitrogens with one attached hydrogen (secondary N) is 2. The molecule has 0 radical (unpaired) electrons. The van der Waals surface area contributed by atoms with Gasteiger partial charge in [0.2, 0.25) is 0 Å². The topological polar surface area (TPSA) is 92.7 Å². The predicted octanol–water partition coefficient (Wildman–Crippen LogP) is 2.99. The summed E-state index contributed by atoms with van der Waals surface area (Å²) in [6.07, 6.45) is 4.53. The highest BCUT2D eigenvalue weighted by Crippen LogP contribution is 2.22. The summed E-state index contributed by atoms with van der Waals surface area (Å²) >= 11 is 0. The minimum absolute atomic E-state index is 0.0299. The monoisotopic (exact) mass is 385 g/mol. The highest BCUT2D eigenvalue weighted by Gasteiger charge is 2.21. The molecule has 2 aromatic carbocycles. The number of Topliss-reactive ketones (excluding diaryl/α,β-unsaturated/α-hetero) is 1. The van der Waals surface area contributed by atoms with Gasteiger partial charge in [-0.1, -0.05) is 18.2 Å². The first kappa shape index (κ1) is 17.4. The molecule has 0 bridgehead atoms. The van der Waals surface area contributed by atoms with Crippen LogP contribution in [0.15, 0.2) is 55.0 Å². The first-order chi connectivity index (χ1) is 14.2. The van der Waals surface area contributed by atoms with Crippen molar-refractivity contribution in [3.63, 3.8) is 0 Å². The van der Waals surface area contributed by atoms with Crippen LogP contribution in [-0.2, 0) is 13.0 Å². The van der Waals surface area contributed by atoms with Gasteiger partial charge in [-0.3, -0.25) is 9.59 Å². The van der Waals surface area contributed by atoms with E-state index in [4.69, 9.17) is 0 Å². The normalized spacial score (nSPS) is 13.7. The van der Waals surface area contributed by atoms with E-state index in [1.165, 1.54) is 0 Å². The van der Waals surface area contributed by atoms with Crippen LogP contribution in [0.5, 0.6) is 0 Å². The third-order valence-corrected chi connectivity index (χ3v) is 5.22. The molecule has 2 aromatic heterocycles. The van der Waals surface area contributed by atoms with Gasteiger partial charge in [0.1, 0.15) is 0 Å². The molecule has 1 aliphatic rings. The quantitative estimate of drug-likeness (QED) is 0.528. The standard InChI is InChI=1S/C22H19N5O2/c28-20(10-14-3-1-4-15(9-14)18-12-23-13-25-18)16-5-6-17-19(11-16)27-8-2-7-24-22(29)21(27)26-17/h1,3-6,9,11-13H,2,7-8,10H2,(H,23,25)(H,24,29). The summed E-state index contributed by atoms with van der Waals surface area (Å²) in [5.74, 6) is 0.277. The molecule has 0 unspecified atom stereocenters. The fourth-order valence-corrected chi connectivity index (χ4v) is 3.76. The van der Waals surface area contributed by atoms with E-state index in [0.717, 1.165) is 34.3 Å². The Kier molecular flexibility index (Phi) is 4.20. The molecule has 4 aromatic rings. The van der Waals surface area contributed by atoms with Crippen LogP contribution in [-0.4, -0.2) is 37.8 Å². The molecule has 144 valence electrons. The maximum Gasteiger partial charge on any atom is 0.287 e. The van der Waals surface area contributed by atoms with Crippen molar-refractivity contribution in [1.29, 1.82) is 0 Å². The van der Waals surface area contributed by atoms with E-state index in [9.17, 15) is 9.59 Å². The summed E-state index contributed by atoms with van der Waals surface area (Å²) in [5.41, 5.74) is 5.03. The maximum atomic E-state index is 12.9. The van der Waals surface area contributed by atoms with Gasteiger partial charge in [-0.05, 0) is 41.8 Å². The summed E-state index contributed by atoms with van der Waals surface area (Å²) in [6.45, 7) is 1.34. The van der Waals surface area contributed by atoms with Gasteiger partial charge in [0.15, 0.2) is 11.6 Å². The highest BCUT2D eigenvalue weighted by molar-refractivity contribution is 6.01. The van der Waals surface area contributed by atoms with E-state index in [2.05, 4.69) is 20.3 Å². The number of aromatic nitrogens is 4. The number of hydrogen-bond acceptors (Lipinski definition) is 4. The van der Waals surface area contributed by atoms with Crippen molar-refractivity contribution in [1.82, 2.24) is 24.8 Å². The first-order valence-corrected chi connectivity index (χ1v) is 9.58. The van der Waals surface area contributed by atoms with Crippen molar-refractivity contribution in [2.75, 3.05) is 6.54 Å². The molecule has 29 heavy (non-hydrogen) atoms. The number of nitrogens with zero attached hydrogens (tertiary/aromatic N) is 3. The molecule has 1 aliphatic heterocycles. The van der Waals surface area contributed by atoms with Crippen molar-refractivity contribution in [2.45, 2.75) is 19.4 Å². The Hall–Kier alpha value is -3.74. The molecule has 0 aliphatic carbocycles. The van der Waals surface area contributed by atoms with E-state index in [1.54, 1.807) is 18.6 Å². The molecular formula is C22H19N5O2. The number of aromatic amines is 1. The molecule has 0 saturated heterocycles. The molecule has 1 amide bonds. The third-order valence-electron chi connectivity index (χ3n) is 5.22. The molecule has 0 atom stereocenters. The van der Waals surface area contributed by atoms with E-state index < -0.39 is 0 Å². The van der Waals surface area contributed by atoms with Crippen LogP contribution < -0.4 is 5.32 Å². The van der Waals surface area contributed by atoms with E-state index in [1.807, 2.05) is 41.0 Å². The van der Waals surface area contributed by atoms with E-state index in [0.29, 0.717) is 30.9 Å². The molecule has 0 saturated carbocycles. The van der Waals surface area contributed by atoms with Crippen molar-refractivity contribution in [3.05, 3.63) is 71.9 Å². The zero-order chi connectivity index (χ0) is 19.8. The number of fused-ring (bicyclic) bond motifs is 3. The van der Waals surface area contributed by atoms with Crippen LogP contribution in [0.4, 0.5) is 0 Å². The number of aryl methyl sites for hydroxylation is 1. The lowest BCUT2D eigenvalue weighted by atomic mass is 10.0. The Labute approximate surface area is 166 Å². The SMILES string of the molecule is O=C(Cc1cccc(-c2cnc[nH]2)c1)c1ccc2nc3n(c2c1)CCCNC3=O. The van der Waals surface area contributed by atoms with Crippen molar-refractivity contribution in [2.24, 2.45) is 0 Å².